The van der Waals surface area contributed by atoms with Crippen LogP contribution in [0.15, 0.2) is 24.3 Å². The summed E-state index contributed by atoms with van der Waals surface area (Å²) < 4.78 is 25.2. The third kappa shape index (κ3) is 4.43. The van der Waals surface area contributed by atoms with Crippen LogP contribution in [0.5, 0.6) is 0 Å². The van der Waals surface area contributed by atoms with Gasteiger partial charge in [0.1, 0.15) is 6.10 Å². The molecule has 2 unspecified atom stereocenters. The summed E-state index contributed by atoms with van der Waals surface area (Å²) in [6.07, 6.45) is -1.41. The van der Waals surface area contributed by atoms with Crippen LogP contribution in [0.1, 0.15) is 31.4 Å². The average molecular weight is 342 g/mol. The molecule has 8 heteroatoms. The van der Waals surface area contributed by atoms with Gasteiger partial charge in [0.25, 0.3) is 0 Å². The molecule has 23 heavy (non-hydrogen) atoms. The SMILES string of the molecule is CC(=O)NCCC(O)C(O)c1cccc(N2CCCS2(=O)=O)c1. The number of nitrogens with one attached hydrogen (secondary N) is 1. The zero-order chi connectivity index (χ0) is 17.0. The van der Waals surface area contributed by atoms with Gasteiger partial charge in [0.05, 0.1) is 17.5 Å². The maximum absolute atomic E-state index is 12.0. The van der Waals surface area contributed by atoms with Gasteiger partial charge < -0.3 is 15.5 Å². The molecule has 0 saturated carbocycles. The van der Waals surface area contributed by atoms with Crippen molar-refractivity contribution in [3.05, 3.63) is 29.8 Å². The van der Waals surface area contributed by atoms with Gasteiger partial charge in [0, 0.05) is 20.0 Å². The summed E-state index contributed by atoms with van der Waals surface area (Å²) in [6.45, 7) is 2.06. The van der Waals surface area contributed by atoms with Crippen molar-refractivity contribution < 1.29 is 23.4 Å². The summed E-state index contributed by atoms with van der Waals surface area (Å²) in [5, 5.41) is 22.8. The molecule has 1 saturated heterocycles. The minimum Gasteiger partial charge on any atom is -0.390 e. The molecule has 1 aliphatic rings. The van der Waals surface area contributed by atoms with E-state index in [4.69, 9.17) is 0 Å². The van der Waals surface area contributed by atoms with E-state index in [1.807, 2.05) is 0 Å². The molecule has 0 bridgehead atoms. The summed E-state index contributed by atoms with van der Waals surface area (Å²) in [5.41, 5.74) is 0.938. The van der Waals surface area contributed by atoms with Crippen LogP contribution < -0.4 is 9.62 Å². The van der Waals surface area contributed by atoms with Crippen molar-refractivity contribution >= 4 is 21.6 Å². The van der Waals surface area contributed by atoms with Gasteiger partial charge in [-0.15, -0.1) is 0 Å². The minimum atomic E-state index is -3.28. The molecule has 0 aliphatic carbocycles. The first-order valence-corrected chi connectivity index (χ1v) is 9.13. The number of anilines is 1. The van der Waals surface area contributed by atoms with Gasteiger partial charge in [-0.05, 0) is 30.5 Å². The Hall–Kier alpha value is -1.64. The minimum absolute atomic E-state index is 0.124. The Bertz CT molecular complexity index is 662. The van der Waals surface area contributed by atoms with E-state index in [0.717, 1.165) is 0 Å². The van der Waals surface area contributed by atoms with Crippen LogP contribution in [0.2, 0.25) is 0 Å². The van der Waals surface area contributed by atoms with Gasteiger partial charge in [-0.3, -0.25) is 9.10 Å². The van der Waals surface area contributed by atoms with E-state index in [1.165, 1.54) is 11.2 Å². The largest absolute Gasteiger partial charge is 0.390 e. The van der Waals surface area contributed by atoms with Gasteiger partial charge in [0.15, 0.2) is 0 Å². The van der Waals surface area contributed by atoms with Gasteiger partial charge in [-0.1, -0.05) is 12.1 Å². The predicted molar refractivity (Wildman–Crippen MR) is 86.5 cm³/mol. The number of aliphatic hydroxyl groups excluding tert-OH is 2. The highest BCUT2D eigenvalue weighted by atomic mass is 32.2. The number of carbonyl (C=O) groups excluding carboxylic acids is 1. The van der Waals surface area contributed by atoms with Crippen molar-refractivity contribution in [2.45, 2.75) is 32.0 Å². The number of aliphatic hydroxyl groups is 2. The van der Waals surface area contributed by atoms with Crippen LogP contribution in [-0.4, -0.2) is 49.5 Å². The molecule has 1 amide bonds. The van der Waals surface area contributed by atoms with Crippen LogP contribution in [0, 0.1) is 0 Å². The maximum atomic E-state index is 12.0. The Balaban J connectivity index is 2.08. The molecule has 1 aromatic rings. The number of amides is 1. The molecular formula is C15H22N2O5S. The summed E-state index contributed by atoms with van der Waals surface area (Å²) in [5.74, 6) is -0.0769. The van der Waals surface area contributed by atoms with E-state index in [9.17, 15) is 23.4 Å². The number of benzene rings is 1. The summed E-state index contributed by atoms with van der Waals surface area (Å²) >= 11 is 0. The van der Waals surface area contributed by atoms with E-state index >= 15 is 0 Å². The quantitative estimate of drug-likeness (QED) is 0.682. The molecule has 1 fully saturated rings. The second-order valence-corrected chi connectivity index (χ2v) is 7.63. The Labute approximate surface area is 136 Å². The number of sulfonamides is 1. The molecule has 1 aromatic carbocycles. The second kappa shape index (κ2) is 7.29. The molecule has 0 radical (unpaired) electrons. The fourth-order valence-electron chi connectivity index (χ4n) is 2.57. The first-order valence-electron chi connectivity index (χ1n) is 7.52. The van der Waals surface area contributed by atoms with Crippen LogP contribution in [0.3, 0.4) is 0 Å². The third-order valence-electron chi connectivity index (χ3n) is 3.78. The van der Waals surface area contributed by atoms with Crippen molar-refractivity contribution in [3.8, 4) is 0 Å². The van der Waals surface area contributed by atoms with Crippen molar-refractivity contribution in [2.75, 3.05) is 23.1 Å². The number of rotatable bonds is 6. The zero-order valence-electron chi connectivity index (χ0n) is 13.0. The Morgan fingerprint density at radius 3 is 2.74 bits per heavy atom. The van der Waals surface area contributed by atoms with E-state index in [0.29, 0.717) is 24.2 Å². The topological polar surface area (TPSA) is 107 Å². The standard InChI is InChI=1S/C15H22N2O5S/c1-11(18)16-7-6-14(19)15(20)12-4-2-5-13(10-12)17-8-3-9-23(17,21)22/h2,4-5,10,14-15,19-20H,3,6-9H2,1H3,(H,16,18). The molecular weight excluding hydrogens is 320 g/mol. The molecule has 1 aliphatic heterocycles. The second-order valence-electron chi connectivity index (χ2n) is 5.62. The summed E-state index contributed by atoms with van der Waals surface area (Å²) in [6, 6.07) is 6.54. The van der Waals surface area contributed by atoms with Crippen LogP contribution in [-0.2, 0) is 14.8 Å². The Kier molecular flexibility index (Phi) is 5.61. The monoisotopic (exact) mass is 342 g/mol. The lowest BCUT2D eigenvalue weighted by molar-refractivity contribution is -0.119. The molecule has 128 valence electrons. The van der Waals surface area contributed by atoms with Gasteiger partial charge in [0.2, 0.25) is 15.9 Å². The molecule has 0 spiro atoms. The lowest BCUT2D eigenvalue weighted by atomic mass is 10.0. The molecule has 2 rings (SSSR count). The fourth-order valence-corrected chi connectivity index (χ4v) is 4.13. The highest BCUT2D eigenvalue weighted by Gasteiger charge is 2.29. The van der Waals surface area contributed by atoms with Crippen LogP contribution in [0.4, 0.5) is 5.69 Å². The number of nitrogens with zero attached hydrogens (tertiary/aromatic N) is 1. The molecule has 0 aromatic heterocycles. The summed E-state index contributed by atoms with van der Waals surface area (Å²) in [4.78, 5) is 10.8. The van der Waals surface area contributed by atoms with E-state index in [-0.39, 0.29) is 24.6 Å². The molecule has 7 nitrogen and oxygen atoms in total. The number of hydrogen-bond donors (Lipinski definition) is 3. The normalized spacial score (nSPS) is 19.3. The number of hydrogen-bond acceptors (Lipinski definition) is 5. The highest BCUT2D eigenvalue weighted by molar-refractivity contribution is 7.93. The van der Waals surface area contributed by atoms with Crippen molar-refractivity contribution in [3.63, 3.8) is 0 Å². The molecule has 1 heterocycles. The Morgan fingerprint density at radius 2 is 2.13 bits per heavy atom. The highest BCUT2D eigenvalue weighted by Crippen LogP contribution is 2.28. The smallest absolute Gasteiger partial charge is 0.235 e. The maximum Gasteiger partial charge on any atom is 0.235 e. The van der Waals surface area contributed by atoms with E-state index < -0.39 is 22.2 Å². The third-order valence-corrected chi connectivity index (χ3v) is 5.65. The first kappa shape index (κ1) is 17.7. The average Bonchev–Trinajstić information content (AvgIpc) is 2.85. The lowest BCUT2D eigenvalue weighted by Gasteiger charge is -2.21. The summed E-state index contributed by atoms with van der Waals surface area (Å²) in [7, 11) is -3.28. The zero-order valence-corrected chi connectivity index (χ0v) is 13.8. The van der Waals surface area contributed by atoms with Crippen molar-refractivity contribution in [2.24, 2.45) is 0 Å². The van der Waals surface area contributed by atoms with Crippen molar-refractivity contribution in [1.29, 1.82) is 0 Å². The van der Waals surface area contributed by atoms with E-state index in [1.54, 1.807) is 24.3 Å². The number of carbonyl (C=O) groups is 1. The van der Waals surface area contributed by atoms with E-state index in [2.05, 4.69) is 5.32 Å². The fraction of sp³-hybridized carbons (Fsp3) is 0.533. The van der Waals surface area contributed by atoms with Gasteiger partial charge in [-0.25, -0.2) is 8.42 Å². The molecule has 2 atom stereocenters. The van der Waals surface area contributed by atoms with Crippen LogP contribution >= 0.6 is 0 Å². The van der Waals surface area contributed by atoms with Crippen molar-refractivity contribution in [1.82, 2.24) is 5.32 Å². The van der Waals surface area contributed by atoms with Gasteiger partial charge in [-0.2, -0.15) is 0 Å². The van der Waals surface area contributed by atoms with Crippen LogP contribution in [0.25, 0.3) is 0 Å². The Morgan fingerprint density at radius 1 is 1.39 bits per heavy atom. The lowest BCUT2D eigenvalue weighted by Crippen LogP contribution is -2.28. The molecule has 3 N–H and O–H groups in total. The first-order chi connectivity index (χ1) is 10.8. The predicted octanol–water partition coefficient (Wildman–Crippen LogP) is 0.147. The van der Waals surface area contributed by atoms with Gasteiger partial charge >= 0.3 is 0 Å².